The van der Waals surface area contributed by atoms with E-state index in [1.165, 1.54) is 0 Å². The van der Waals surface area contributed by atoms with E-state index in [2.05, 4.69) is 4.98 Å². The molecule has 2 heterocycles. The third-order valence-electron chi connectivity index (χ3n) is 3.35. The van der Waals surface area contributed by atoms with Crippen LogP contribution in [0.1, 0.15) is 21.9 Å². The van der Waals surface area contributed by atoms with Crippen LogP contribution in [0, 0.1) is 6.92 Å². The van der Waals surface area contributed by atoms with E-state index in [0.29, 0.717) is 24.0 Å². The summed E-state index contributed by atoms with van der Waals surface area (Å²) < 4.78 is 7.24. The number of nitrogens with zero attached hydrogens (tertiary/aromatic N) is 2. The summed E-state index contributed by atoms with van der Waals surface area (Å²) in [7, 11) is 0. The van der Waals surface area contributed by atoms with Crippen molar-refractivity contribution in [2.75, 3.05) is 0 Å². The van der Waals surface area contributed by atoms with Gasteiger partial charge in [0.1, 0.15) is 11.6 Å². The molecule has 0 radical (unpaired) electrons. The molecule has 102 valence electrons. The van der Waals surface area contributed by atoms with Gasteiger partial charge in [0.15, 0.2) is 0 Å². The monoisotopic (exact) mass is 270 g/mol. The Morgan fingerprint density at radius 3 is 2.90 bits per heavy atom. The number of aryl methyl sites for hydroxylation is 3. The van der Waals surface area contributed by atoms with Crippen LogP contribution in [0.5, 0.6) is 0 Å². The highest BCUT2D eigenvalue weighted by Gasteiger charge is 2.15. The standard InChI is InChI=1S/C15H14N2O3/c1-10-16-13-6-2-5-12(15(18)19)14(13)17(10)8-7-11-4-3-9-20-11/h2-6,9H,7-8H2,1H3,(H,18,19). The predicted octanol–water partition coefficient (Wildman–Crippen LogP) is 2.88. The van der Waals surface area contributed by atoms with Crippen molar-refractivity contribution in [2.45, 2.75) is 19.9 Å². The van der Waals surface area contributed by atoms with Gasteiger partial charge in [0.05, 0.1) is 22.9 Å². The smallest absolute Gasteiger partial charge is 0.337 e. The Bertz CT molecular complexity index is 757. The van der Waals surface area contributed by atoms with Gasteiger partial charge in [0.2, 0.25) is 0 Å². The van der Waals surface area contributed by atoms with Crippen LogP contribution in [-0.2, 0) is 13.0 Å². The number of para-hydroxylation sites is 1. The van der Waals surface area contributed by atoms with Crippen LogP contribution in [0.4, 0.5) is 0 Å². The summed E-state index contributed by atoms with van der Waals surface area (Å²) in [6.45, 7) is 2.52. The molecule has 5 nitrogen and oxygen atoms in total. The van der Waals surface area contributed by atoms with E-state index in [9.17, 15) is 9.90 Å². The van der Waals surface area contributed by atoms with Crippen molar-refractivity contribution in [3.63, 3.8) is 0 Å². The molecule has 20 heavy (non-hydrogen) atoms. The maximum absolute atomic E-state index is 11.3. The Hall–Kier alpha value is -2.56. The number of rotatable bonds is 4. The third-order valence-corrected chi connectivity index (χ3v) is 3.35. The van der Waals surface area contributed by atoms with Crippen LogP contribution in [0.25, 0.3) is 11.0 Å². The SMILES string of the molecule is Cc1nc2cccc(C(=O)O)c2n1CCc1ccco1. The third kappa shape index (κ3) is 2.07. The van der Waals surface area contributed by atoms with Gasteiger partial charge in [-0.3, -0.25) is 0 Å². The molecule has 0 aliphatic carbocycles. The minimum absolute atomic E-state index is 0.280. The molecule has 0 saturated carbocycles. The van der Waals surface area contributed by atoms with Crippen LogP contribution in [0.15, 0.2) is 41.0 Å². The highest BCUT2D eigenvalue weighted by molar-refractivity contribution is 6.01. The number of carboxylic acids is 1. The molecule has 1 N–H and O–H groups in total. The van der Waals surface area contributed by atoms with Crippen molar-refractivity contribution in [3.8, 4) is 0 Å². The van der Waals surface area contributed by atoms with Gasteiger partial charge in [0, 0.05) is 13.0 Å². The molecule has 0 spiro atoms. The molecule has 0 aliphatic heterocycles. The second-order valence-corrected chi connectivity index (χ2v) is 4.62. The lowest BCUT2D eigenvalue weighted by Gasteiger charge is -2.07. The number of furan rings is 1. The molecule has 3 rings (SSSR count). The minimum Gasteiger partial charge on any atom is -0.478 e. The van der Waals surface area contributed by atoms with Crippen LogP contribution in [-0.4, -0.2) is 20.6 Å². The van der Waals surface area contributed by atoms with E-state index >= 15 is 0 Å². The van der Waals surface area contributed by atoms with E-state index in [-0.39, 0.29) is 5.56 Å². The number of imidazole rings is 1. The van der Waals surface area contributed by atoms with Gasteiger partial charge in [-0.2, -0.15) is 0 Å². The maximum Gasteiger partial charge on any atom is 0.337 e. The van der Waals surface area contributed by atoms with Gasteiger partial charge >= 0.3 is 5.97 Å². The molecular weight excluding hydrogens is 256 g/mol. The number of carboxylic acid groups (broad SMARTS) is 1. The summed E-state index contributed by atoms with van der Waals surface area (Å²) in [6, 6.07) is 8.91. The zero-order valence-corrected chi connectivity index (χ0v) is 11.0. The second kappa shape index (κ2) is 4.85. The molecule has 3 aromatic rings. The lowest BCUT2D eigenvalue weighted by Crippen LogP contribution is -2.07. The van der Waals surface area contributed by atoms with Crippen molar-refractivity contribution < 1.29 is 14.3 Å². The molecular formula is C15H14N2O3. The molecule has 1 aromatic carbocycles. The van der Waals surface area contributed by atoms with E-state index in [1.54, 1.807) is 18.4 Å². The number of aromatic nitrogens is 2. The van der Waals surface area contributed by atoms with E-state index < -0.39 is 5.97 Å². The number of fused-ring (bicyclic) bond motifs is 1. The second-order valence-electron chi connectivity index (χ2n) is 4.62. The molecule has 0 amide bonds. The summed E-state index contributed by atoms with van der Waals surface area (Å²) in [5.74, 6) is 0.745. The average Bonchev–Trinajstić information content (AvgIpc) is 3.02. The van der Waals surface area contributed by atoms with Crippen molar-refractivity contribution >= 4 is 17.0 Å². The number of hydrogen-bond donors (Lipinski definition) is 1. The van der Waals surface area contributed by atoms with Gasteiger partial charge in [-0.05, 0) is 31.2 Å². The van der Waals surface area contributed by atoms with Crippen molar-refractivity contribution in [1.82, 2.24) is 9.55 Å². The van der Waals surface area contributed by atoms with E-state index in [0.717, 1.165) is 11.6 Å². The topological polar surface area (TPSA) is 68.3 Å². The molecule has 0 saturated heterocycles. The quantitative estimate of drug-likeness (QED) is 0.791. The first-order chi connectivity index (χ1) is 9.66. The fourth-order valence-corrected chi connectivity index (χ4v) is 2.42. The average molecular weight is 270 g/mol. The first-order valence-corrected chi connectivity index (χ1v) is 6.38. The Labute approximate surface area is 115 Å². The van der Waals surface area contributed by atoms with E-state index in [4.69, 9.17) is 4.42 Å². The molecule has 0 atom stereocenters. The number of carbonyl (C=O) groups is 1. The molecule has 0 aliphatic rings. The first-order valence-electron chi connectivity index (χ1n) is 6.38. The van der Waals surface area contributed by atoms with Crippen molar-refractivity contribution in [3.05, 3.63) is 53.7 Å². The number of aromatic carboxylic acids is 1. The zero-order valence-electron chi connectivity index (χ0n) is 11.0. The summed E-state index contributed by atoms with van der Waals surface area (Å²) in [5, 5.41) is 9.31. The summed E-state index contributed by atoms with van der Waals surface area (Å²) in [6.07, 6.45) is 2.34. The van der Waals surface area contributed by atoms with Gasteiger partial charge < -0.3 is 14.1 Å². The lowest BCUT2D eigenvalue weighted by atomic mass is 10.2. The summed E-state index contributed by atoms with van der Waals surface area (Å²) in [4.78, 5) is 15.8. The Morgan fingerprint density at radius 2 is 2.20 bits per heavy atom. The van der Waals surface area contributed by atoms with Crippen LogP contribution in [0.2, 0.25) is 0 Å². The van der Waals surface area contributed by atoms with Crippen LogP contribution in [0.3, 0.4) is 0 Å². The van der Waals surface area contributed by atoms with Gasteiger partial charge in [-0.25, -0.2) is 9.78 Å². The Kier molecular flexibility index (Phi) is 3.02. The van der Waals surface area contributed by atoms with Crippen molar-refractivity contribution in [1.29, 1.82) is 0 Å². The Morgan fingerprint density at radius 1 is 1.35 bits per heavy atom. The van der Waals surface area contributed by atoms with E-state index in [1.807, 2.05) is 29.7 Å². The zero-order chi connectivity index (χ0) is 14.1. The van der Waals surface area contributed by atoms with Gasteiger partial charge in [-0.15, -0.1) is 0 Å². The van der Waals surface area contributed by atoms with Gasteiger partial charge in [0.25, 0.3) is 0 Å². The van der Waals surface area contributed by atoms with Gasteiger partial charge in [-0.1, -0.05) is 6.07 Å². The summed E-state index contributed by atoms with van der Waals surface area (Å²) in [5.41, 5.74) is 1.66. The largest absolute Gasteiger partial charge is 0.478 e. The highest BCUT2D eigenvalue weighted by atomic mass is 16.4. The fourth-order valence-electron chi connectivity index (χ4n) is 2.42. The molecule has 0 fully saturated rings. The van der Waals surface area contributed by atoms with Crippen LogP contribution >= 0.6 is 0 Å². The lowest BCUT2D eigenvalue weighted by molar-refractivity contribution is 0.0698. The number of hydrogen-bond acceptors (Lipinski definition) is 3. The fraction of sp³-hybridized carbons (Fsp3) is 0.200. The number of benzene rings is 1. The molecule has 2 aromatic heterocycles. The minimum atomic E-state index is -0.935. The maximum atomic E-state index is 11.3. The normalized spacial score (nSPS) is 11.1. The molecule has 0 unspecified atom stereocenters. The van der Waals surface area contributed by atoms with Crippen molar-refractivity contribution in [2.24, 2.45) is 0 Å². The summed E-state index contributed by atoms with van der Waals surface area (Å²) >= 11 is 0. The predicted molar refractivity (Wildman–Crippen MR) is 73.8 cm³/mol. The highest BCUT2D eigenvalue weighted by Crippen LogP contribution is 2.21. The molecule has 0 bridgehead atoms. The van der Waals surface area contributed by atoms with Crippen LogP contribution < -0.4 is 0 Å². The first kappa shape index (κ1) is 12.5. The molecule has 5 heteroatoms. The Balaban J connectivity index is 2.04.